The Kier molecular flexibility index (Phi) is 3.70. The van der Waals surface area contributed by atoms with Crippen molar-refractivity contribution in [2.24, 2.45) is 5.41 Å². The van der Waals surface area contributed by atoms with Gasteiger partial charge in [-0.05, 0) is 25.3 Å². The Bertz CT molecular complexity index is 424. The topological polar surface area (TPSA) is 68.1 Å². The highest BCUT2D eigenvalue weighted by Crippen LogP contribution is 2.27. The molecule has 1 aromatic rings. The van der Waals surface area contributed by atoms with Gasteiger partial charge in [0.2, 0.25) is 5.82 Å². The predicted molar refractivity (Wildman–Crippen MR) is 68.2 cm³/mol. The Morgan fingerprint density at radius 2 is 2.00 bits per heavy atom. The number of pyridine rings is 1. The van der Waals surface area contributed by atoms with Gasteiger partial charge in [0, 0.05) is 17.8 Å². The van der Waals surface area contributed by atoms with Crippen molar-refractivity contribution in [3.63, 3.8) is 0 Å². The van der Waals surface area contributed by atoms with E-state index in [9.17, 15) is 10.1 Å². The number of nitrogens with one attached hydrogen (secondary N) is 1. The van der Waals surface area contributed by atoms with Gasteiger partial charge in [0.15, 0.2) is 0 Å². The standard InChI is InChI=1S/C12H19N3O2/c1-8-6-7-10(15(16)17)11(13-8)14-9(2)12(3,4)5/h6-7,9H,1-5H3,(H,13,14). The molecule has 0 bridgehead atoms. The van der Waals surface area contributed by atoms with E-state index in [1.54, 1.807) is 6.07 Å². The minimum absolute atomic E-state index is 0.0132. The lowest BCUT2D eigenvalue weighted by Gasteiger charge is -2.28. The Labute approximate surface area is 101 Å². The van der Waals surface area contributed by atoms with Crippen LogP contribution in [0.3, 0.4) is 0 Å². The first-order chi connectivity index (χ1) is 7.71. The molecule has 0 saturated heterocycles. The third-order valence-electron chi connectivity index (χ3n) is 2.86. The molecule has 17 heavy (non-hydrogen) atoms. The number of aromatic nitrogens is 1. The molecule has 0 radical (unpaired) electrons. The molecule has 0 aliphatic carbocycles. The molecule has 0 aliphatic heterocycles. The normalized spacial score (nSPS) is 13.2. The summed E-state index contributed by atoms with van der Waals surface area (Å²) in [4.78, 5) is 14.7. The van der Waals surface area contributed by atoms with E-state index < -0.39 is 4.92 Å². The van der Waals surface area contributed by atoms with Gasteiger partial charge in [0.1, 0.15) is 0 Å². The lowest BCUT2D eigenvalue weighted by molar-refractivity contribution is -0.384. The second-order valence-electron chi connectivity index (χ2n) is 5.31. The number of nitrogens with zero attached hydrogens (tertiary/aromatic N) is 2. The van der Waals surface area contributed by atoms with Gasteiger partial charge < -0.3 is 5.32 Å². The summed E-state index contributed by atoms with van der Waals surface area (Å²) in [6.07, 6.45) is 0. The van der Waals surface area contributed by atoms with Crippen LogP contribution in [0.4, 0.5) is 11.5 Å². The zero-order valence-electron chi connectivity index (χ0n) is 10.9. The largest absolute Gasteiger partial charge is 0.361 e. The van der Waals surface area contributed by atoms with Crippen LogP contribution in [-0.4, -0.2) is 15.9 Å². The summed E-state index contributed by atoms with van der Waals surface area (Å²) in [5.74, 6) is 0.345. The molecule has 1 atom stereocenters. The van der Waals surface area contributed by atoms with Crippen molar-refractivity contribution in [3.05, 3.63) is 27.9 Å². The average Bonchev–Trinajstić information content (AvgIpc) is 2.15. The maximum absolute atomic E-state index is 10.9. The number of nitro groups is 1. The predicted octanol–water partition coefficient (Wildman–Crippen LogP) is 3.14. The molecule has 0 amide bonds. The molecule has 0 fully saturated rings. The molecule has 1 aromatic heterocycles. The summed E-state index contributed by atoms with van der Waals surface area (Å²) in [7, 11) is 0. The highest BCUT2D eigenvalue weighted by molar-refractivity contribution is 5.56. The molecule has 1 rings (SSSR count). The SMILES string of the molecule is Cc1ccc([N+](=O)[O-])c(NC(C)C(C)(C)C)n1. The quantitative estimate of drug-likeness (QED) is 0.647. The van der Waals surface area contributed by atoms with E-state index in [-0.39, 0.29) is 17.1 Å². The van der Waals surface area contributed by atoms with Gasteiger partial charge in [0.25, 0.3) is 0 Å². The molecule has 0 aliphatic rings. The molecule has 5 heteroatoms. The molecule has 0 spiro atoms. The smallest absolute Gasteiger partial charge is 0.311 e. The van der Waals surface area contributed by atoms with Crippen LogP contribution >= 0.6 is 0 Å². The van der Waals surface area contributed by atoms with E-state index >= 15 is 0 Å². The van der Waals surface area contributed by atoms with Crippen molar-refractivity contribution >= 4 is 11.5 Å². The molecule has 0 aromatic carbocycles. The fourth-order valence-corrected chi connectivity index (χ4v) is 1.22. The summed E-state index contributed by atoms with van der Waals surface area (Å²) in [5, 5.41) is 14.0. The van der Waals surface area contributed by atoms with Crippen molar-refractivity contribution < 1.29 is 4.92 Å². The maximum atomic E-state index is 10.9. The number of rotatable bonds is 3. The lowest BCUT2D eigenvalue weighted by Crippen LogP contribution is -2.31. The molecule has 1 unspecified atom stereocenters. The summed E-state index contributed by atoms with van der Waals surface area (Å²) in [5.41, 5.74) is 0.796. The van der Waals surface area contributed by atoms with Crippen molar-refractivity contribution in [3.8, 4) is 0 Å². The van der Waals surface area contributed by atoms with E-state index in [2.05, 4.69) is 31.1 Å². The van der Waals surface area contributed by atoms with Crippen molar-refractivity contribution in [2.45, 2.75) is 40.7 Å². The molecule has 5 nitrogen and oxygen atoms in total. The van der Waals surface area contributed by atoms with Crippen LogP contribution in [0.2, 0.25) is 0 Å². The second-order valence-corrected chi connectivity index (χ2v) is 5.31. The third-order valence-corrected chi connectivity index (χ3v) is 2.86. The van der Waals surface area contributed by atoms with Crippen LogP contribution in [0, 0.1) is 22.5 Å². The van der Waals surface area contributed by atoms with Crippen molar-refractivity contribution in [1.29, 1.82) is 0 Å². The van der Waals surface area contributed by atoms with Gasteiger partial charge >= 0.3 is 5.69 Å². The Morgan fingerprint density at radius 1 is 1.41 bits per heavy atom. The summed E-state index contributed by atoms with van der Waals surface area (Å²) in [6.45, 7) is 10.0. The van der Waals surface area contributed by atoms with Crippen molar-refractivity contribution in [1.82, 2.24) is 4.98 Å². The molecule has 1 N–H and O–H groups in total. The van der Waals surface area contributed by atoms with E-state index in [4.69, 9.17) is 0 Å². The average molecular weight is 237 g/mol. The van der Waals surface area contributed by atoms with Crippen LogP contribution in [0.15, 0.2) is 12.1 Å². The molecular formula is C12H19N3O2. The van der Waals surface area contributed by atoms with E-state index in [0.29, 0.717) is 5.82 Å². The first kappa shape index (κ1) is 13.4. The molecule has 94 valence electrons. The zero-order chi connectivity index (χ0) is 13.2. The highest BCUT2D eigenvalue weighted by atomic mass is 16.6. The van der Waals surface area contributed by atoms with Crippen LogP contribution in [0.5, 0.6) is 0 Å². The minimum Gasteiger partial charge on any atom is -0.361 e. The monoisotopic (exact) mass is 237 g/mol. The summed E-state index contributed by atoms with van der Waals surface area (Å²) in [6, 6.07) is 3.22. The number of anilines is 1. The van der Waals surface area contributed by atoms with Crippen LogP contribution in [-0.2, 0) is 0 Å². The van der Waals surface area contributed by atoms with Gasteiger partial charge in [0.05, 0.1) is 4.92 Å². The van der Waals surface area contributed by atoms with Gasteiger partial charge in [-0.15, -0.1) is 0 Å². The highest BCUT2D eigenvalue weighted by Gasteiger charge is 2.24. The van der Waals surface area contributed by atoms with Crippen LogP contribution in [0.1, 0.15) is 33.4 Å². The second kappa shape index (κ2) is 4.69. The molecular weight excluding hydrogens is 218 g/mol. The van der Waals surface area contributed by atoms with Gasteiger partial charge in [-0.25, -0.2) is 4.98 Å². The summed E-state index contributed by atoms with van der Waals surface area (Å²) >= 11 is 0. The van der Waals surface area contributed by atoms with Crippen molar-refractivity contribution in [2.75, 3.05) is 5.32 Å². The Morgan fingerprint density at radius 3 is 2.47 bits per heavy atom. The molecule has 1 heterocycles. The van der Waals surface area contributed by atoms with Crippen LogP contribution in [0.25, 0.3) is 0 Å². The van der Waals surface area contributed by atoms with Gasteiger partial charge in [-0.3, -0.25) is 10.1 Å². The number of hydrogen-bond donors (Lipinski definition) is 1. The van der Waals surface area contributed by atoms with Gasteiger partial charge in [-0.1, -0.05) is 20.8 Å². The van der Waals surface area contributed by atoms with E-state index in [0.717, 1.165) is 5.69 Å². The number of aryl methyl sites for hydroxylation is 1. The zero-order valence-corrected chi connectivity index (χ0v) is 10.9. The Hall–Kier alpha value is -1.65. The van der Waals surface area contributed by atoms with E-state index in [1.807, 2.05) is 13.8 Å². The number of hydrogen-bond acceptors (Lipinski definition) is 4. The fourth-order valence-electron chi connectivity index (χ4n) is 1.22. The molecule has 0 saturated carbocycles. The lowest BCUT2D eigenvalue weighted by atomic mass is 9.88. The fraction of sp³-hybridized carbons (Fsp3) is 0.583. The first-order valence-electron chi connectivity index (χ1n) is 5.60. The van der Waals surface area contributed by atoms with Gasteiger partial charge in [-0.2, -0.15) is 0 Å². The minimum atomic E-state index is -0.413. The first-order valence-corrected chi connectivity index (χ1v) is 5.60. The third kappa shape index (κ3) is 3.41. The summed E-state index contributed by atoms with van der Waals surface area (Å²) < 4.78 is 0. The Balaban J connectivity index is 3.04. The maximum Gasteiger partial charge on any atom is 0.311 e. The van der Waals surface area contributed by atoms with Crippen LogP contribution < -0.4 is 5.32 Å². The van der Waals surface area contributed by atoms with E-state index in [1.165, 1.54) is 6.07 Å².